The van der Waals surface area contributed by atoms with E-state index in [4.69, 9.17) is 10.5 Å². The number of amides is 1. The van der Waals surface area contributed by atoms with Gasteiger partial charge in [-0.25, -0.2) is 0 Å². The van der Waals surface area contributed by atoms with Gasteiger partial charge in [-0.2, -0.15) is 0 Å². The zero-order valence-electron chi connectivity index (χ0n) is 18.5. The van der Waals surface area contributed by atoms with Crippen LogP contribution in [0, 0.1) is 0 Å². The van der Waals surface area contributed by atoms with Gasteiger partial charge in [-0.1, -0.05) is 62.1 Å². The molecule has 0 saturated carbocycles. The molecule has 6 nitrogen and oxygen atoms in total. The summed E-state index contributed by atoms with van der Waals surface area (Å²) in [5.41, 5.74) is 8.13. The standard InChI is InChI=1S/C25H35N3O3/c1-20(24(26)25(30)31-19-22-13-8-6-9-14-22)28-23(29)16-10-5-3-2-4-7-12-21-15-11-17-27-18-21/h6,8-9,11,13-15,17-18,20,24H,2-5,7,10,12,16,19,26H2,1H3,(H,28,29). The van der Waals surface area contributed by atoms with Gasteiger partial charge in [-0.3, -0.25) is 14.6 Å². The minimum absolute atomic E-state index is 0.0737. The molecular weight excluding hydrogens is 390 g/mol. The molecule has 0 radical (unpaired) electrons. The van der Waals surface area contributed by atoms with Crippen molar-refractivity contribution in [3.05, 3.63) is 66.0 Å². The Morgan fingerprint density at radius 1 is 0.968 bits per heavy atom. The summed E-state index contributed by atoms with van der Waals surface area (Å²) in [6.07, 6.45) is 11.8. The molecule has 0 bridgehead atoms. The van der Waals surface area contributed by atoms with Crippen LogP contribution in [0.25, 0.3) is 0 Å². The monoisotopic (exact) mass is 425 g/mol. The topological polar surface area (TPSA) is 94.3 Å². The fourth-order valence-electron chi connectivity index (χ4n) is 3.31. The molecule has 1 heterocycles. The van der Waals surface area contributed by atoms with Crippen molar-refractivity contribution in [1.82, 2.24) is 10.3 Å². The highest BCUT2D eigenvalue weighted by Gasteiger charge is 2.23. The number of esters is 1. The van der Waals surface area contributed by atoms with Crippen LogP contribution in [0.5, 0.6) is 0 Å². The SMILES string of the molecule is CC(NC(=O)CCCCCCCCc1cccnc1)C(N)C(=O)OCc1ccccc1. The van der Waals surface area contributed by atoms with Crippen molar-refractivity contribution in [3.63, 3.8) is 0 Å². The van der Waals surface area contributed by atoms with Crippen molar-refractivity contribution in [2.24, 2.45) is 5.73 Å². The van der Waals surface area contributed by atoms with E-state index < -0.39 is 18.1 Å². The number of carbonyl (C=O) groups is 2. The number of hydrogen-bond donors (Lipinski definition) is 2. The second-order valence-corrected chi connectivity index (χ2v) is 7.96. The highest BCUT2D eigenvalue weighted by atomic mass is 16.5. The Kier molecular flexibility index (Phi) is 11.3. The number of rotatable bonds is 14. The maximum Gasteiger partial charge on any atom is 0.325 e. The lowest BCUT2D eigenvalue weighted by Gasteiger charge is -2.20. The number of nitrogens with two attached hydrogens (primary N) is 1. The van der Waals surface area contributed by atoms with E-state index in [9.17, 15) is 9.59 Å². The molecule has 31 heavy (non-hydrogen) atoms. The molecule has 0 aliphatic rings. The van der Waals surface area contributed by atoms with Crippen molar-refractivity contribution < 1.29 is 14.3 Å². The number of carbonyl (C=O) groups excluding carboxylic acids is 2. The van der Waals surface area contributed by atoms with Crippen LogP contribution in [0.3, 0.4) is 0 Å². The molecule has 0 aliphatic carbocycles. The van der Waals surface area contributed by atoms with E-state index >= 15 is 0 Å². The molecule has 0 saturated heterocycles. The van der Waals surface area contributed by atoms with Crippen molar-refractivity contribution in [3.8, 4) is 0 Å². The summed E-state index contributed by atoms with van der Waals surface area (Å²) >= 11 is 0. The minimum atomic E-state index is -0.882. The quantitative estimate of drug-likeness (QED) is 0.353. The van der Waals surface area contributed by atoms with Crippen LogP contribution in [-0.2, 0) is 27.4 Å². The normalized spacial score (nSPS) is 12.7. The fourth-order valence-corrected chi connectivity index (χ4v) is 3.31. The molecule has 2 unspecified atom stereocenters. The zero-order valence-corrected chi connectivity index (χ0v) is 18.5. The summed E-state index contributed by atoms with van der Waals surface area (Å²) in [6.45, 7) is 1.91. The molecule has 1 amide bonds. The summed E-state index contributed by atoms with van der Waals surface area (Å²) in [6, 6.07) is 12.2. The third-order valence-electron chi connectivity index (χ3n) is 5.27. The minimum Gasteiger partial charge on any atom is -0.460 e. The average Bonchev–Trinajstić information content (AvgIpc) is 2.80. The molecule has 2 aromatic rings. The predicted molar refractivity (Wildman–Crippen MR) is 122 cm³/mol. The lowest BCUT2D eigenvalue weighted by atomic mass is 10.1. The number of ether oxygens (including phenoxy) is 1. The molecular formula is C25H35N3O3. The first-order chi connectivity index (χ1) is 15.1. The lowest BCUT2D eigenvalue weighted by molar-refractivity contribution is -0.147. The molecule has 168 valence electrons. The Morgan fingerprint density at radius 2 is 1.65 bits per heavy atom. The number of benzene rings is 1. The van der Waals surface area contributed by atoms with E-state index in [2.05, 4.69) is 16.4 Å². The predicted octanol–water partition coefficient (Wildman–Crippen LogP) is 3.93. The zero-order chi connectivity index (χ0) is 22.3. The number of aryl methyl sites for hydroxylation is 1. The highest BCUT2D eigenvalue weighted by molar-refractivity contribution is 5.80. The highest BCUT2D eigenvalue weighted by Crippen LogP contribution is 2.10. The van der Waals surface area contributed by atoms with Gasteiger partial charge < -0.3 is 15.8 Å². The van der Waals surface area contributed by atoms with Gasteiger partial charge in [0.15, 0.2) is 0 Å². The molecule has 2 atom stereocenters. The van der Waals surface area contributed by atoms with Gasteiger partial charge in [0, 0.05) is 18.8 Å². The Hall–Kier alpha value is -2.73. The lowest BCUT2D eigenvalue weighted by Crippen LogP contribution is -2.50. The molecule has 0 spiro atoms. The Bertz CT molecular complexity index is 768. The Morgan fingerprint density at radius 3 is 2.35 bits per heavy atom. The van der Waals surface area contributed by atoms with Gasteiger partial charge in [-0.05, 0) is 43.4 Å². The summed E-state index contributed by atoms with van der Waals surface area (Å²) in [4.78, 5) is 28.4. The molecule has 1 aromatic carbocycles. The van der Waals surface area contributed by atoms with Crippen LogP contribution >= 0.6 is 0 Å². The van der Waals surface area contributed by atoms with Crippen LogP contribution in [0.4, 0.5) is 0 Å². The van der Waals surface area contributed by atoms with Crippen LogP contribution in [-0.4, -0.2) is 28.9 Å². The van der Waals surface area contributed by atoms with Crippen LogP contribution in [0.15, 0.2) is 54.9 Å². The maximum atomic E-state index is 12.1. The number of nitrogens with one attached hydrogen (secondary N) is 1. The van der Waals surface area contributed by atoms with Gasteiger partial charge in [0.2, 0.25) is 5.91 Å². The van der Waals surface area contributed by atoms with E-state index in [0.717, 1.165) is 31.2 Å². The Balaban J connectivity index is 1.50. The largest absolute Gasteiger partial charge is 0.460 e. The fraction of sp³-hybridized carbons (Fsp3) is 0.480. The summed E-state index contributed by atoms with van der Waals surface area (Å²) < 4.78 is 5.25. The number of unbranched alkanes of at least 4 members (excludes halogenated alkanes) is 5. The van der Waals surface area contributed by atoms with Crippen LogP contribution < -0.4 is 11.1 Å². The second-order valence-electron chi connectivity index (χ2n) is 7.96. The van der Waals surface area contributed by atoms with E-state index in [0.29, 0.717) is 6.42 Å². The first-order valence-corrected chi connectivity index (χ1v) is 11.2. The van der Waals surface area contributed by atoms with Gasteiger partial charge in [0.25, 0.3) is 0 Å². The van der Waals surface area contributed by atoms with Crippen molar-refractivity contribution in [2.45, 2.75) is 77.0 Å². The van der Waals surface area contributed by atoms with Gasteiger partial charge in [-0.15, -0.1) is 0 Å². The summed E-state index contributed by atoms with van der Waals surface area (Å²) in [5, 5.41) is 2.82. The average molecular weight is 426 g/mol. The van der Waals surface area contributed by atoms with Gasteiger partial charge >= 0.3 is 5.97 Å². The number of aromatic nitrogens is 1. The van der Waals surface area contributed by atoms with Crippen molar-refractivity contribution >= 4 is 11.9 Å². The third-order valence-corrected chi connectivity index (χ3v) is 5.27. The summed E-state index contributed by atoms with van der Waals surface area (Å²) in [7, 11) is 0. The number of pyridine rings is 1. The van der Waals surface area contributed by atoms with Crippen molar-refractivity contribution in [2.75, 3.05) is 0 Å². The molecule has 1 aromatic heterocycles. The van der Waals surface area contributed by atoms with Crippen LogP contribution in [0.1, 0.15) is 63.0 Å². The maximum absolute atomic E-state index is 12.1. The molecule has 6 heteroatoms. The van der Waals surface area contributed by atoms with E-state index in [-0.39, 0.29) is 12.5 Å². The first-order valence-electron chi connectivity index (χ1n) is 11.2. The van der Waals surface area contributed by atoms with Gasteiger partial charge in [0.05, 0.1) is 6.04 Å². The second kappa shape index (κ2) is 14.3. The van der Waals surface area contributed by atoms with E-state index in [1.165, 1.54) is 24.8 Å². The van der Waals surface area contributed by atoms with Crippen LogP contribution in [0.2, 0.25) is 0 Å². The first kappa shape index (κ1) is 24.5. The number of nitrogens with zero attached hydrogens (tertiary/aromatic N) is 1. The van der Waals surface area contributed by atoms with Crippen molar-refractivity contribution in [1.29, 1.82) is 0 Å². The number of hydrogen-bond acceptors (Lipinski definition) is 5. The summed E-state index contributed by atoms with van der Waals surface area (Å²) in [5.74, 6) is -0.585. The van der Waals surface area contributed by atoms with E-state index in [1.807, 2.05) is 42.6 Å². The molecule has 2 rings (SSSR count). The Labute approximate surface area is 185 Å². The molecule has 3 N–H and O–H groups in total. The third kappa shape index (κ3) is 10.2. The van der Waals surface area contributed by atoms with Gasteiger partial charge in [0.1, 0.15) is 12.6 Å². The molecule has 0 fully saturated rings. The molecule has 0 aliphatic heterocycles. The smallest absolute Gasteiger partial charge is 0.325 e. The van der Waals surface area contributed by atoms with E-state index in [1.54, 1.807) is 13.1 Å².